The number of carboxylic acids is 1. The third-order valence-corrected chi connectivity index (χ3v) is 3.45. The SMILES string of the molecule is CC(C)n1cc(C(=O)O)c(=O)c2ccc(I)cc21. The van der Waals surface area contributed by atoms with Gasteiger partial charge in [0.2, 0.25) is 5.43 Å². The molecule has 0 aliphatic rings. The molecular formula is C13H12INO3. The van der Waals surface area contributed by atoms with Crippen molar-refractivity contribution in [2.75, 3.05) is 0 Å². The average molecular weight is 357 g/mol. The second kappa shape index (κ2) is 4.72. The fraction of sp³-hybridized carbons (Fsp3) is 0.231. The first-order valence-corrected chi connectivity index (χ1v) is 6.57. The van der Waals surface area contributed by atoms with Crippen LogP contribution in [-0.2, 0) is 0 Å². The molecule has 1 heterocycles. The minimum absolute atomic E-state index is 0.0874. The van der Waals surface area contributed by atoms with Gasteiger partial charge in [0.05, 0.1) is 5.52 Å². The number of benzene rings is 1. The van der Waals surface area contributed by atoms with Gasteiger partial charge in [0.1, 0.15) is 5.56 Å². The molecule has 18 heavy (non-hydrogen) atoms. The molecule has 5 heteroatoms. The molecule has 0 saturated heterocycles. The van der Waals surface area contributed by atoms with Crippen LogP contribution in [0.3, 0.4) is 0 Å². The van der Waals surface area contributed by atoms with Gasteiger partial charge in [-0.2, -0.15) is 0 Å². The lowest BCUT2D eigenvalue weighted by molar-refractivity contribution is 0.0695. The van der Waals surface area contributed by atoms with Crippen LogP contribution in [0.1, 0.15) is 30.2 Å². The maximum Gasteiger partial charge on any atom is 0.341 e. The summed E-state index contributed by atoms with van der Waals surface area (Å²) >= 11 is 2.17. The second-order valence-electron chi connectivity index (χ2n) is 4.34. The first-order chi connectivity index (χ1) is 8.41. The Hall–Kier alpha value is -1.37. The molecule has 0 fully saturated rings. The number of hydrogen-bond acceptors (Lipinski definition) is 2. The zero-order valence-electron chi connectivity index (χ0n) is 9.98. The highest BCUT2D eigenvalue weighted by Crippen LogP contribution is 2.19. The quantitative estimate of drug-likeness (QED) is 0.841. The highest BCUT2D eigenvalue weighted by Gasteiger charge is 2.15. The molecule has 0 saturated carbocycles. The molecular weight excluding hydrogens is 345 g/mol. The standard InChI is InChI=1S/C13H12INO3/c1-7(2)15-6-10(13(17)18)12(16)9-4-3-8(14)5-11(9)15/h3-7H,1-2H3,(H,17,18). The third-order valence-electron chi connectivity index (χ3n) is 2.78. The van der Waals surface area contributed by atoms with E-state index in [0.717, 1.165) is 9.09 Å². The van der Waals surface area contributed by atoms with E-state index in [4.69, 9.17) is 5.11 Å². The van der Waals surface area contributed by atoms with Crippen molar-refractivity contribution in [2.45, 2.75) is 19.9 Å². The highest BCUT2D eigenvalue weighted by molar-refractivity contribution is 14.1. The number of carbonyl (C=O) groups is 1. The number of hydrogen-bond donors (Lipinski definition) is 1. The summed E-state index contributed by atoms with van der Waals surface area (Å²) in [5.41, 5.74) is 0.162. The highest BCUT2D eigenvalue weighted by atomic mass is 127. The van der Waals surface area contributed by atoms with Crippen molar-refractivity contribution in [1.82, 2.24) is 4.57 Å². The number of nitrogens with zero attached hydrogens (tertiary/aromatic N) is 1. The molecule has 0 amide bonds. The van der Waals surface area contributed by atoms with E-state index in [1.807, 2.05) is 24.5 Å². The van der Waals surface area contributed by atoms with Gasteiger partial charge in [-0.1, -0.05) is 0 Å². The lowest BCUT2D eigenvalue weighted by Gasteiger charge is -2.15. The van der Waals surface area contributed by atoms with E-state index < -0.39 is 11.4 Å². The minimum Gasteiger partial charge on any atom is -0.477 e. The summed E-state index contributed by atoms with van der Waals surface area (Å²) in [4.78, 5) is 23.2. The Bertz CT molecular complexity index is 688. The van der Waals surface area contributed by atoms with E-state index in [2.05, 4.69) is 22.6 Å². The molecule has 0 bridgehead atoms. The van der Waals surface area contributed by atoms with Gasteiger partial charge < -0.3 is 9.67 Å². The van der Waals surface area contributed by atoms with Crippen LogP contribution in [0.5, 0.6) is 0 Å². The van der Waals surface area contributed by atoms with Crippen LogP contribution in [0.2, 0.25) is 0 Å². The monoisotopic (exact) mass is 357 g/mol. The summed E-state index contributed by atoms with van der Waals surface area (Å²) in [7, 11) is 0. The van der Waals surface area contributed by atoms with Gasteiger partial charge in [-0.3, -0.25) is 4.79 Å². The first-order valence-electron chi connectivity index (χ1n) is 5.49. The van der Waals surface area contributed by atoms with Crippen molar-refractivity contribution >= 4 is 39.5 Å². The Balaban J connectivity index is 2.97. The van der Waals surface area contributed by atoms with E-state index in [1.54, 1.807) is 12.1 Å². The maximum absolute atomic E-state index is 12.1. The summed E-state index contributed by atoms with van der Waals surface area (Å²) in [6.45, 7) is 3.91. The molecule has 0 aliphatic carbocycles. The number of aromatic carboxylic acids is 1. The normalized spacial score (nSPS) is 11.1. The van der Waals surface area contributed by atoms with Crippen LogP contribution >= 0.6 is 22.6 Å². The van der Waals surface area contributed by atoms with Crippen LogP contribution in [-0.4, -0.2) is 15.6 Å². The zero-order chi connectivity index (χ0) is 13.4. The van der Waals surface area contributed by atoms with Crippen LogP contribution in [0, 0.1) is 3.57 Å². The fourth-order valence-electron chi connectivity index (χ4n) is 1.90. The molecule has 1 N–H and O–H groups in total. The van der Waals surface area contributed by atoms with Crippen LogP contribution in [0.25, 0.3) is 10.9 Å². The van der Waals surface area contributed by atoms with Gasteiger partial charge in [-0.15, -0.1) is 0 Å². The van der Waals surface area contributed by atoms with Crippen molar-refractivity contribution in [3.05, 3.63) is 43.8 Å². The molecule has 2 rings (SSSR count). The predicted octanol–water partition coefficient (Wildman–Crippen LogP) is 2.89. The van der Waals surface area contributed by atoms with Gasteiger partial charge in [-0.25, -0.2) is 4.79 Å². The number of carboxylic acid groups (broad SMARTS) is 1. The first kappa shape index (κ1) is 13.1. The van der Waals surface area contributed by atoms with Crippen molar-refractivity contribution in [1.29, 1.82) is 0 Å². The zero-order valence-corrected chi connectivity index (χ0v) is 12.1. The van der Waals surface area contributed by atoms with Crippen molar-refractivity contribution < 1.29 is 9.90 Å². The van der Waals surface area contributed by atoms with Gasteiger partial charge in [-0.05, 0) is 54.6 Å². The van der Waals surface area contributed by atoms with Crippen molar-refractivity contribution in [2.24, 2.45) is 0 Å². The van der Waals surface area contributed by atoms with Crippen LogP contribution < -0.4 is 5.43 Å². The molecule has 4 nitrogen and oxygen atoms in total. The molecule has 1 aromatic heterocycles. The van der Waals surface area contributed by atoms with E-state index in [9.17, 15) is 9.59 Å². The molecule has 0 spiro atoms. The predicted molar refractivity (Wildman–Crippen MR) is 78.3 cm³/mol. The molecule has 1 aromatic carbocycles. The number of rotatable bonds is 2. The van der Waals surface area contributed by atoms with Gasteiger partial charge in [0, 0.05) is 21.2 Å². The van der Waals surface area contributed by atoms with Crippen LogP contribution in [0.4, 0.5) is 0 Å². The minimum atomic E-state index is -1.19. The number of pyridine rings is 1. The van der Waals surface area contributed by atoms with Gasteiger partial charge >= 0.3 is 5.97 Å². The Kier molecular flexibility index (Phi) is 3.43. The number of fused-ring (bicyclic) bond motifs is 1. The lowest BCUT2D eigenvalue weighted by Crippen LogP contribution is -2.19. The molecule has 0 atom stereocenters. The average Bonchev–Trinajstić information content (AvgIpc) is 2.28. The Morgan fingerprint density at radius 2 is 2.06 bits per heavy atom. The largest absolute Gasteiger partial charge is 0.477 e. The summed E-state index contributed by atoms with van der Waals surface area (Å²) in [6, 6.07) is 5.47. The van der Waals surface area contributed by atoms with Gasteiger partial charge in [0.25, 0.3) is 0 Å². The Labute approximate surface area is 117 Å². The Morgan fingerprint density at radius 1 is 1.39 bits per heavy atom. The Morgan fingerprint density at radius 3 is 2.61 bits per heavy atom. The molecule has 2 aromatic rings. The second-order valence-corrected chi connectivity index (χ2v) is 5.59. The molecule has 94 valence electrons. The summed E-state index contributed by atoms with van der Waals surface area (Å²) in [5, 5.41) is 9.52. The lowest BCUT2D eigenvalue weighted by atomic mass is 10.1. The molecule has 0 radical (unpaired) electrons. The van der Waals surface area contributed by atoms with Gasteiger partial charge in [0.15, 0.2) is 0 Å². The number of halogens is 1. The van der Waals surface area contributed by atoms with Crippen LogP contribution in [0.15, 0.2) is 29.2 Å². The van der Waals surface area contributed by atoms with E-state index in [1.165, 1.54) is 6.20 Å². The van der Waals surface area contributed by atoms with E-state index in [0.29, 0.717) is 5.39 Å². The number of aromatic nitrogens is 1. The topological polar surface area (TPSA) is 59.3 Å². The maximum atomic E-state index is 12.1. The summed E-state index contributed by atoms with van der Waals surface area (Å²) in [5.74, 6) is -1.19. The third kappa shape index (κ3) is 2.14. The van der Waals surface area contributed by atoms with Crippen molar-refractivity contribution in [3.8, 4) is 0 Å². The summed E-state index contributed by atoms with van der Waals surface area (Å²) < 4.78 is 2.83. The smallest absolute Gasteiger partial charge is 0.341 e. The van der Waals surface area contributed by atoms with Crippen molar-refractivity contribution in [3.63, 3.8) is 0 Å². The molecule has 0 unspecified atom stereocenters. The summed E-state index contributed by atoms with van der Waals surface area (Å²) in [6.07, 6.45) is 1.42. The van der Waals surface area contributed by atoms with E-state index in [-0.39, 0.29) is 11.6 Å². The molecule has 0 aliphatic heterocycles. The fourth-order valence-corrected chi connectivity index (χ4v) is 2.38. The van der Waals surface area contributed by atoms with E-state index >= 15 is 0 Å².